The van der Waals surface area contributed by atoms with Gasteiger partial charge in [0, 0.05) is 12.3 Å². The summed E-state index contributed by atoms with van der Waals surface area (Å²) in [7, 11) is 0. The summed E-state index contributed by atoms with van der Waals surface area (Å²) in [6.45, 7) is 7.55. The van der Waals surface area contributed by atoms with Gasteiger partial charge in [-0.15, -0.1) is 0 Å². The second-order valence-corrected chi connectivity index (χ2v) is 8.19. The lowest BCUT2D eigenvalue weighted by Crippen LogP contribution is -2.32. The zero-order valence-corrected chi connectivity index (χ0v) is 15.8. The van der Waals surface area contributed by atoms with E-state index in [2.05, 4.69) is 0 Å². The molecule has 1 fully saturated rings. The molecule has 0 spiro atoms. The van der Waals surface area contributed by atoms with Crippen LogP contribution >= 0.6 is 0 Å². The maximum absolute atomic E-state index is 12.7. The Labute approximate surface area is 150 Å². The Kier molecular flexibility index (Phi) is 6.57. The Hall–Kier alpha value is -1.04. The summed E-state index contributed by atoms with van der Waals surface area (Å²) in [6, 6.07) is 0. The summed E-state index contributed by atoms with van der Waals surface area (Å²) < 4.78 is 5.81. The van der Waals surface area contributed by atoms with Crippen LogP contribution in [-0.2, 0) is 14.3 Å². The van der Waals surface area contributed by atoms with Gasteiger partial charge in [-0.05, 0) is 56.1 Å². The molecule has 1 heterocycles. The molecule has 0 aromatic carbocycles. The minimum absolute atomic E-state index is 0.0103. The molecule has 5 nitrogen and oxygen atoms in total. The average molecular weight is 352 g/mol. The molecular weight excluding hydrogens is 320 g/mol. The number of rotatable bonds is 2. The van der Waals surface area contributed by atoms with Gasteiger partial charge in [0.05, 0.1) is 12.2 Å². The molecule has 1 aliphatic heterocycles. The first-order chi connectivity index (χ1) is 11.7. The molecule has 1 saturated heterocycles. The Morgan fingerprint density at radius 1 is 1.32 bits per heavy atom. The molecule has 2 aliphatic rings. The van der Waals surface area contributed by atoms with E-state index in [9.17, 15) is 19.8 Å². The Balaban J connectivity index is 2.24. The van der Waals surface area contributed by atoms with Crippen LogP contribution in [0.15, 0.2) is 11.6 Å². The Morgan fingerprint density at radius 3 is 2.60 bits per heavy atom. The third-order valence-electron chi connectivity index (χ3n) is 5.73. The molecule has 5 atom stereocenters. The average Bonchev–Trinajstić information content (AvgIpc) is 3.21. The molecule has 2 rings (SSSR count). The first-order valence-corrected chi connectivity index (χ1v) is 9.45. The minimum Gasteiger partial charge on any atom is -0.396 e. The van der Waals surface area contributed by atoms with E-state index in [4.69, 9.17) is 4.74 Å². The minimum atomic E-state index is -1.11. The summed E-state index contributed by atoms with van der Waals surface area (Å²) in [5.74, 6) is -0.887. The van der Waals surface area contributed by atoms with E-state index in [0.29, 0.717) is 18.4 Å². The molecule has 142 valence electrons. The number of epoxide rings is 1. The highest BCUT2D eigenvalue weighted by Crippen LogP contribution is 2.43. The summed E-state index contributed by atoms with van der Waals surface area (Å²) in [4.78, 5) is 25.1. The van der Waals surface area contributed by atoms with Crippen molar-refractivity contribution in [1.29, 1.82) is 0 Å². The molecule has 0 radical (unpaired) electrons. The van der Waals surface area contributed by atoms with E-state index < -0.39 is 6.10 Å². The molecule has 5 heteroatoms. The molecule has 25 heavy (non-hydrogen) atoms. The highest BCUT2D eigenvalue weighted by Gasteiger charge is 2.50. The standard InChI is InChI=1S/C20H32O5/c1-12(2)15-10-17-20(4,25-17)9-5-6-14(11-21)16(22)8-7-13(3)18(23)19(15)24/h10,12-14,17-18,21,23H,5-9,11H2,1-4H3/b15-10+/t13-,14?,17+,18+,20-/m1/s1. The fourth-order valence-electron chi connectivity index (χ4n) is 3.60. The van der Waals surface area contributed by atoms with Crippen LogP contribution in [0.25, 0.3) is 0 Å². The third kappa shape index (κ3) is 4.78. The van der Waals surface area contributed by atoms with Gasteiger partial charge in [-0.25, -0.2) is 0 Å². The van der Waals surface area contributed by atoms with Crippen LogP contribution in [0.5, 0.6) is 0 Å². The molecule has 2 N–H and O–H groups in total. The van der Waals surface area contributed by atoms with Crippen LogP contribution < -0.4 is 0 Å². The van der Waals surface area contributed by atoms with Crippen molar-refractivity contribution in [1.82, 2.24) is 0 Å². The highest BCUT2D eigenvalue weighted by molar-refractivity contribution is 5.99. The van der Waals surface area contributed by atoms with E-state index >= 15 is 0 Å². The van der Waals surface area contributed by atoms with Gasteiger partial charge in [0.15, 0.2) is 5.78 Å². The molecule has 0 aromatic heterocycles. The summed E-state index contributed by atoms with van der Waals surface area (Å²) in [5.41, 5.74) is 0.300. The van der Waals surface area contributed by atoms with Gasteiger partial charge < -0.3 is 14.9 Å². The molecule has 0 bridgehead atoms. The zero-order chi connectivity index (χ0) is 18.8. The SMILES string of the molecule is CC(C)/C1=C\[C@@H]2O[C@]2(C)CCCC(CO)C(=O)CC[C@@H](C)[C@H](O)C1=O. The second-order valence-electron chi connectivity index (χ2n) is 8.19. The first kappa shape index (κ1) is 20.3. The monoisotopic (exact) mass is 352 g/mol. The quantitative estimate of drug-likeness (QED) is 0.745. The topological polar surface area (TPSA) is 87.1 Å². The zero-order valence-electron chi connectivity index (χ0n) is 15.8. The van der Waals surface area contributed by atoms with Gasteiger partial charge in [-0.1, -0.05) is 20.8 Å². The number of hydrogen-bond donors (Lipinski definition) is 2. The van der Waals surface area contributed by atoms with Crippen molar-refractivity contribution in [2.75, 3.05) is 6.61 Å². The normalized spacial score (nSPS) is 40.2. The van der Waals surface area contributed by atoms with Gasteiger partial charge in [0.2, 0.25) is 0 Å². The van der Waals surface area contributed by atoms with Crippen molar-refractivity contribution in [2.45, 2.75) is 77.6 Å². The molecular formula is C20H32O5. The molecule has 1 aliphatic carbocycles. The summed E-state index contributed by atoms with van der Waals surface area (Å²) in [5, 5.41) is 20.0. The number of aliphatic hydroxyl groups excluding tert-OH is 2. The lowest BCUT2D eigenvalue weighted by atomic mass is 9.84. The highest BCUT2D eigenvalue weighted by atomic mass is 16.6. The molecule has 1 unspecified atom stereocenters. The van der Waals surface area contributed by atoms with E-state index in [1.54, 1.807) is 6.92 Å². The second kappa shape index (κ2) is 8.11. The predicted molar refractivity (Wildman–Crippen MR) is 95.0 cm³/mol. The van der Waals surface area contributed by atoms with Crippen molar-refractivity contribution < 1.29 is 24.5 Å². The van der Waals surface area contributed by atoms with Crippen molar-refractivity contribution in [3.63, 3.8) is 0 Å². The fourth-order valence-corrected chi connectivity index (χ4v) is 3.60. The first-order valence-electron chi connectivity index (χ1n) is 9.45. The van der Waals surface area contributed by atoms with Crippen LogP contribution in [0.1, 0.15) is 59.8 Å². The number of aliphatic hydroxyl groups is 2. The van der Waals surface area contributed by atoms with Crippen LogP contribution in [0.2, 0.25) is 0 Å². The molecule has 0 aromatic rings. The van der Waals surface area contributed by atoms with Crippen molar-refractivity contribution in [3.8, 4) is 0 Å². The van der Waals surface area contributed by atoms with Crippen molar-refractivity contribution in [2.24, 2.45) is 17.8 Å². The Bertz CT molecular complexity index is 538. The lowest BCUT2D eigenvalue weighted by Gasteiger charge is -2.22. The van der Waals surface area contributed by atoms with Crippen LogP contribution in [0.4, 0.5) is 0 Å². The van der Waals surface area contributed by atoms with E-state index in [1.165, 1.54) is 0 Å². The molecule has 0 saturated carbocycles. The third-order valence-corrected chi connectivity index (χ3v) is 5.73. The number of hydrogen-bond acceptors (Lipinski definition) is 5. The number of Topliss-reactive ketones (excluding diaryl/α,β-unsaturated/α-hetero) is 2. The van der Waals surface area contributed by atoms with E-state index in [-0.39, 0.29) is 54.1 Å². The van der Waals surface area contributed by atoms with Crippen molar-refractivity contribution >= 4 is 11.6 Å². The molecule has 0 amide bonds. The number of fused-ring (bicyclic) bond motifs is 1. The number of carbonyl (C=O) groups is 2. The van der Waals surface area contributed by atoms with Gasteiger partial charge >= 0.3 is 0 Å². The van der Waals surface area contributed by atoms with E-state index in [0.717, 1.165) is 12.8 Å². The van der Waals surface area contributed by atoms with Crippen LogP contribution in [0.3, 0.4) is 0 Å². The van der Waals surface area contributed by atoms with Crippen LogP contribution in [-0.4, -0.2) is 46.2 Å². The number of ether oxygens (including phenoxy) is 1. The van der Waals surface area contributed by atoms with Crippen LogP contribution in [0, 0.1) is 17.8 Å². The number of ketones is 2. The summed E-state index contributed by atoms with van der Waals surface area (Å²) >= 11 is 0. The van der Waals surface area contributed by atoms with Gasteiger partial charge in [-0.3, -0.25) is 9.59 Å². The van der Waals surface area contributed by atoms with E-state index in [1.807, 2.05) is 26.8 Å². The summed E-state index contributed by atoms with van der Waals surface area (Å²) in [6.07, 6.45) is 3.63. The maximum Gasteiger partial charge on any atom is 0.187 e. The lowest BCUT2D eigenvalue weighted by molar-refractivity contribution is -0.128. The predicted octanol–water partition coefficient (Wildman–Crippen LogP) is 2.43. The van der Waals surface area contributed by atoms with Gasteiger partial charge in [-0.2, -0.15) is 0 Å². The van der Waals surface area contributed by atoms with Gasteiger partial charge in [0.1, 0.15) is 18.0 Å². The van der Waals surface area contributed by atoms with Crippen molar-refractivity contribution in [3.05, 3.63) is 11.6 Å². The maximum atomic E-state index is 12.7. The Morgan fingerprint density at radius 2 is 2.00 bits per heavy atom. The largest absolute Gasteiger partial charge is 0.396 e. The van der Waals surface area contributed by atoms with Gasteiger partial charge in [0.25, 0.3) is 0 Å². The fraction of sp³-hybridized carbons (Fsp3) is 0.800. The number of carbonyl (C=O) groups excluding carboxylic acids is 2. The smallest absolute Gasteiger partial charge is 0.187 e.